The lowest BCUT2D eigenvalue weighted by atomic mass is 10.00. The van der Waals surface area contributed by atoms with Gasteiger partial charge in [-0.25, -0.2) is 9.11 Å². The smallest absolute Gasteiger partial charge is 0.330 e. The van der Waals surface area contributed by atoms with Gasteiger partial charge in [0.05, 0.1) is 13.2 Å². The van der Waals surface area contributed by atoms with Crippen LogP contribution in [0.15, 0.2) is 21.9 Å². The summed E-state index contributed by atoms with van der Waals surface area (Å²) >= 11 is 0. The van der Waals surface area contributed by atoms with Crippen molar-refractivity contribution in [3.8, 4) is 0 Å². The van der Waals surface area contributed by atoms with Crippen molar-refractivity contribution in [2.24, 2.45) is 0 Å². The van der Waals surface area contributed by atoms with E-state index in [2.05, 4.69) is 13.4 Å². The van der Waals surface area contributed by atoms with E-state index in [1.807, 2.05) is 4.98 Å². The molecule has 36 heavy (non-hydrogen) atoms. The molecule has 0 aromatic carbocycles. The van der Waals surface area contributed by atoms with Gasteiger partial charge in [-0.3, -0.25) is 28.0 Å². The van der Waals surface area contributed by atoms with Crippen molar-refractivity contribution in [1.29, 1.82) is 0 Å². The van der Waals surface area contributed by atoms with E-state index >= 15 is 0 Å². The third kappa shape index (κ3) is 6.54. The molecule has 1 aromatic rings. The van der Waals surface area contributed by atoms with Crippen LogP contribution in [-0.4, -0.2) is 102 Å². The van der Waals surface area contributed by atoms with Crippen LogP contribution in [0.5, 0.6) is 0 Å². The quantitative estimate of drug-likeness (QED) is 0.137. The Morgan fingerprint density at radius 3 is 2.19 bits per heavy atom. The Labute approximate surface area is 199 Å². The number of H-pyrrole nitrogens is 1. The molecule has 0 amide bonds. The highest BCUT2D eigenvalue weighted by atomic mass is 31.3. The van der Waals surface area contributed by atoms with Crippen LogP contribution in [0.1, 0.15) is 6.23 Å². The molecule has 0 saturated carbocycles. The van der Waals surface area contributed by atoms with Gasteiger partial charge in [0.15, 0.2) is 12.5 Å². The molecule has 7 N–H and O–H groups in total. The average Bonchev–Trinajstić information content (AvgIpc) is 3.06. The molecule has 1 aromatic heterocycles. The molecule has 0 spiro atoms. The predicted octanol–water partition coefficient (Wildman–Crippen LogP) is -6.06. The molecule has 2 fully saturated rings. The van der Waals surface area contributed by atoms with E-state index in [4.69, 9.17) is 14.6 Å². The largest absolute Gasteiger partial charge is 0.756 e. The number of ether oxygens (including phenoxy) is 2. The van der Waals surface area contributed by atoms with Crippen LogP contribution in [-0.2, 0) is 32.0 Å². The molecule has 21 heteroatoms. The van der Waals surface area contributed by atoms with Crippen LogP contribution >= 0.6 is 15.6 Å². The van der Waals surface area contributed by atoms with E-state index in [1.165, 1.54) is 0 Å². The van der Waals surface area contributed by atoms with Gasteiger partial charge >= 0.3 is 5.69 Å². The molecular formula is C15H22N2O17P2-2. The summed E-state index contributed by atoms with van der Waals surface area (Å²) in [6.45, 7) is -2.05. The number of aromatic nitrogens is 2. The van der Waals surface area contributed by atoms with Gasteiger partial charge in [-0.2, -0.15) is 0 Å². The number of nitrogens with zero attached hydrogens (tertiary/aromatic N) is 1. The van der Waals surface area contributed by atoms with Crippen molar-refractivity contribution in [2.45, 2.75) is 55.2 Å². The first-order valence-electron chi connectivity index (χ1n) is 9.96. The molecule has 0 bridgehead atoms. The molecule has 19 nitrogen and oxygen atoms in total. The van der Waals surface area contributed by atoms with E-state index in [1.54, 1.807) is 0 Å². The maximum Gasteiger partial charge on any atom is 0.330 e. The summed E-state index contributed by atoms with van der Waals surface area (Å²) in [7, 11) is -11.7. The van der Waals surface area contributed by atoms with Crippen molar-refractivity contribution in [3.05, 3.63) is 33.1 Å². The molecule has 2 unspecified atom stereocenters. The Hall–Kier alpha value is -1.38. The van der Waals surface area contributed by atoms with Crippen molar-refractivity contribution < 1.29 is 72.4 Å². The maximum atomic E-state index is 12.0. The van der Waals surface area contributed by atoms with Crippen molar-refractivity contribution in [1.82, 2.24) is 9.55 Å². The van der Waals surface area contributed by atoms with E-state index < -0.39 is 95.4 Å². The Balaban J connectivity index is 1.61. The zero-order valence-electron chi connectivity index (χ0n) is 17.8. The minimum absolute atomic E-state index is 0.697. The molecule has 2 aliphatic rings. The van der Waals surface area contributed by atoms with E-state index in [0.717, 1.165) is 12.3 Å². The highest BCUT2D eigenvalue weighted by Crippen LogP contribution is 2.57. The Bertz CT molecular complexity index is 1120. The Morgan fingerprint density at radius 2 is 1.58 bits per heavy atom. The van der Waals surface area contributed by atoms with Crippen molar-refractivity contribution in [3.63, 3.8) is 0 Å². The van der Waals surface area contributed by atoms with Crippen molar-refractivity contribution >= 4 is 15.6 Å². The standard InChI is InChI=1S/C15H24N2O17P2/c18-3-5-8(20)10(22)12(24)14(32-5)33-36(28,29)34-35(26,27)30-4-6-9(21)11(23)13(31-6)17-2-1-7(19)16-15(17)25/h1-2,5-6,8-14,18,20-24H,3-4H2,(H,26,27)(H,28,29)(H,16,19,25)/p-2/t5-,6-,8+,9-,10+,11-,12-,13-,14+/m1/s1. The molecule has 0 radical (unpaired) electrons. The second kappa shape index (κ2) is 11.2. The van der Waals surface area contributed by atoms with Gasteiger partial charge in [-0.1, -0.05) is 0 Å². The lowest BCUT2D eigenvalue weighted by Crippen LogP contribution is -2.59. The van der Waals surface area contributed by atoms with Gasteiger partial charge in [-0.05, 0) is 0 Å². The maximum absolute atomic E-state index is 12.0. The summed E-state index contributed by atoms with van der Waals surface area (Å²) in [5.41, 5.74) is -1.78. The number of rotatable bonds is 9. The second-order valence-corrected chi connectivity index (χ2v) is 10.5. The first-order chi connectivity index (χ1) is 16.7. The first-order valence-corrected chi connectivity index (χ1v) is 12.9. The lowest BCUT2D eigenvalue weighted by molar-refractivity contribution is -0.305. The summed E-state index contributed by atoms with van der Waals surface area (Å²) in [6, 6.07) is 0.911. The number of hydrogen-bond acceptors (Lipinski definition) is 17. The van der Waals surface area contributed by atoms with E-state index in [9.17, 15) is 54.0 Å². The average molecular weight is 564 g/mol. The fraction of sp³-hybridized carbons (Fsp3) is 0.733. The summed E-state index contributed by atoms with van der Waals surface area (Å²) in [5, 5.41) is 58.4. The number of nitrogens with one attached hydrogen (secondary N) is 1. The van der Waals surface area contributed by atoms with Crippen LogP contribution in [0, 0.1) is 0 Å². The zero-order chi connectivity index (χ0) is 27.0. The van der Waals surface area contributed by atoms with Gasteiger partial charge in [0.1, 0.15) is 42.7 Å². The van der Waals surface area contributed by atoms with Gasteiger partial charge < -0.3 is 54.4 Å². The predicted molar refractivity (Wildman–Crippen MR) is 104 cm³/mol. The normalized spacial score (nSPS) is 38.4. The Kier molecular flexibility index (Phi) is 9.05. The van der Waals surface area contributed by atoms with Crippen LogP contribution in [0.3, 0.4) is 0 Å². The number of phosphoric acid groups is 2. The first kappa shape index (κ1) is 29.2. The van der Waals surface area contributed by atoms with Crippen LogP contribution < -0.4 is 21.0 Å². The van der Waals surface area contributed by atoms with E-state index in [0.29, 0.717) is 4.57 Å². The molecule has 2 aliphatic heterocycles. The lowest BCUT2D eigenvalue weighted by Gasteiger charge is -2.41. The summed E-state index contributed by atoms with van der Waals surface area (Å²) in [6.07, 6.45) is -15.8. The second-order valence-electron chi connectivity index (χ2n) is 7.64. The summed E-state index contributed by atoms with van der Waals surface area (Å²) in [4.78, 5) is 48.9. The molecular weight excluding hydrogens is 542 g/mol. The highest BCUT2D eigenvalue weighted by molar-refractivity contribution is 7.59. The number of hydrogen-bond donors (Lipinski definition) is 7. The van der Waals surface area contributed by atoms with Crippen LogP contribution in [0.25, 0.3) is 0 Å². The van der Waals surface area contributed by atoms with E-state index in [-0.39, 0.29) is 0 Å². The molecule has 206 valence electrons. The van der Waals surface area contributed by atoms with Gasteiger partial charge in [0.2, 0.25) is 0 Å². The topological polar surface area (TPSA) is 303 Å². The van der Waals surface area contributed by atoms with Crippen LogP contribution in [0.4, 0.5) is 0 Å². The minimum atomic E-state index is -5.90. The fourth-order valence-corrected chi connectivity index (χ4v) is 5.42. The number of aromatic amines is 1. The zero-order valence-corrected chi connectivity index (χ0v) is 19.6. The molecule has 3 heterocycles. The SMILES string of the molecule is O=c1ccn([C@@H]2O[C@H](COP(=O)([O-])OP(=O)([O-])O[C@@H]3O[C@H](CO)[C@H](O)[C@H](O)[C@H]3O)[C@@H](O)[C@H]2O)c(=O)[nH]1. The fourth-order valence-electron chi connectivity index (χ4n) is 3.34. The van der Waals surface area contributed by atoms with Gasteiger partial charge in [-0.15, -0.1) is 0 Å². The summed E-state index contributed by atoms with van der Waals surface area (Å²) in [5.74, 6) is 0. The number of phosphoric ester groups is 2. The third-order valence-electron chi connectivity index (χ3n) is 5.14. The number of aliphatic hydroxyl groups excluding tert-OH is 6. The minimum Gasteiger partial charge on any atom is -0.756 e. The molecule has 0 aliphatic carbocycles. The third-order valence-corrected chi connectivity index (χ3v) is 7.67. The monoisotopic (exact) mass is 564 g/mol. The van der Waals surface area contributed by atoms with Crippen LogP contribution in [0.2, 0.25) is 0 Å². The summed E-state index contributed by atoms with van der Waals surface area (Å²) < 4.78 is 47.1. The number of aliphatic hydroxyl groups is 6. The van der Waals surface area contributed by atoms with Gasteiger partial charge in [0.25, 0.3) is 21.2 Å². The Morgan fingerprint density at radius 1 is 0.944 bits per heavy atom. The molecule has 3 rings (SSSR count). The van der Waals surface area contributed by atoms with Gasteiger partial charge in [0, 0.05) is 12.3 Å². The molecule has 2 saturated heterocycles. The highest BCUT2D eigenvalue weighted by Gasteiger charge is 2.47. The molecule has 11 atom stereocenters. The van der Waals surface area contributed by atoms with Crippen molar-refractivity contribution in [2.75, 3.05) is 13.2 Å².